The number of carbonyl (C=O) groups is 1. The van der Waals surface area contributed by atoms with Crippen LogP contribution in [0.5, 0.6) is 0 Å². The van der Waals surface area contributed by atoms with E-state index in [9.17, 15) is 4.79 Å². The first-order valence-corrected chi connectivity index (χ1v) is 10.1. The molecule has 3 rings (SSSR count). The quantitative estimate of drug-likeness (QED) is 0.571. The molecule has 1 amide bonds. The highest BCUT2D eigenvalue weighted by Gasteiger charge is 2.15. The number of nitrogens with zero attached hydrogens (tertiary/aromatic N) is 2. The minimum atomic E-state index is -0.0239. The summed E-state index contributed by atoms with van der Waals surface area (Å²) < 4.78 is 2.21. The number of anilines is 1. The fraction of sp³-hybridized carbons (Fsp3) is 0.273. The maximum atomic E-state index is 12.3. The van der Waals surface area contributed by atoms with Gasteiger partial charge in [0.05, 0.1) is 17.6 Å². The molecule has 4 nitrogen and oxygen atoms in total. The SMILES string of the molecule is Cc1ccc(NC(=O)CSc2ncc(-c3ccccc3)n2CC(C)C)cc1. The number of benzene rings is 2. The molecule has 27 heavy (non-hydrogen) atoms. The molecule has 0 saturated heterocycles. The zero-order chi connectivity index (χ0) is 19.2. The van der Waals surface area contributed by atoms with Gasteiger partial charge in [0.1, 0.15) is 0 Å². The molecule has 2 aromatic carbocycles. The van der Waals surface area contributed by atoms with Gasteiger partial charge in [0.25, 0.3) is 0 Å². The lowest BCUT2D eigenvalue weighted by molar-refractivity contribution is -0.113. The normalized spacial score (nSPS) is 11.0. The summed E-state index contributed by atoms with van der Waals surface area (Å²) in [5.41, 5.74) is 4.22. The van der Waals surface area contributed by atoms with Crippen molar-refractivity contribution in [3.05, 3.63) is 66.4 Å². The summed E-state index contributed by atoms with van der Waals surface area (Å²) in [4.78, 5) is 16.9. The van der Waals surface area contributed by atoms with E-state index in [2.05, 4.69) is 40.8 Å². The predicted octanol–water partition coefficient (Wildman–Crippen LogP) is 5.25. The van der Waals surface area contributed by atoms with Crippen molar-refractivity contribution in [3.63, 3.8) is 0 Å². The Morgan fingerprint density at radius 2 is 1.81 bits per heavy atom. The molecule has 0 spiro atoms. The van der Waals surface area contributed by atoms with Crippen LogP contribution in [0.3, 0.4) is 0 Å². The van der Waals surface area contributed by atoms with Crippen molar-refractivity contribution in [2.24, 2.45) is 5.92 Å². The van der Waals surface area contributed by atoms with E-state index in [4.69, 9.17) is 0 Å². The van der Waals surface area contributed by atoms with Gasteiger partial charge >= 0.3 is 0 Å². The Morgan fingerprint density at radius 1 is 1.11 bits per heavy atom. The van der Waals surface area contributed by atoms with Gasteiger partial charge in [-0.3, -0.25) is 4.79 Å². The first kappa shape index (κ1) is 19.2. The largest absolute Gasteiger partial charge is 0.325 e. The fourth-order valence-corrected chi connectivity index (χ4v) is 3.61. The van der Waals surface area contributed by atoms with E-state index in [-0.39, 0.29) is 5.91 Å². The number of rotatable bonds is 7. The van der Waals surface area contributed by atoms with E-state index >= 15 is 0 Å². The van der Waals surface area contributed by atoms with Crippen LogP contribution < -0.4 is 5.32 Å². The summed E-state index contributed by atoms with van der Waals surface area (Å²) in [7, 11) is 0. The molecule has 0 radical (unpaired) electrons. The lowest BCUT2D eigenvalue weighted by Gasteiger charge is -2.14. The second-order valence-electron chi connectivity index (χ2n) is 7.00. The third-order valence-electron chi connectivity index (χ3n) is 4.10. The van der Waals surface area contributed by atoms with E-state index < -0.39 is 0 Å². The Hall–Kier alpha value is -2.53. The van der Waals surface area contributed by atoms with Gasteiger partial charge in [-0.15, -0.1) is 0 Å². The molecule has 0 bridgehead atoms. The van der Waals surface area contributed by atoms with Crippen molar-refractivity contribution in [1.82, 2.24) is 9.55 Å². The van der Waals surface area contributed by atoms with E-state index in [0.29, 0.717) is 11.7 Å². The van der Waals surface area contributed by atoms with Crippen LogP contribution >= 0.6 is 11.8 Å². The van der Waals surface area contributed by atoms with Crippen molar-refractivity contribution < 1.29 is 4.79 Å². The van der Waals surface area contributed by atoms with Crippen LogP contribution in [0.15, 0.2) is 66.0 Å². The highest BCUT2D eigenvalue weighted by atomic mass is 32.2. The third-order valence-corrected chi connectivity index (χ3v) is 5.09. The highest BCUT2D eigenvalue weighted by molar-refractivity contribution is 7.99. The lowest BCUT2D eigenvalue weighted by atomic mass is 10.1. The van der Waals surface area contributed by atoms with Crippen molar-refractivity contribution in [1.29, 1.82) is 0 Å². The van der Waals surface area contributed by atoms with Gasteiger partial charge in [-0.25, -0.2) is 4.98 Å². The molecule has 0 aliphatic carbocycles. The minimum absolute atomic E-state index is 0.0239. The Kier molecular flexibility index (Phi) is 6.35. The molecule has 1 heterocycles. The Labute approximate surface area is 165 Å². The number of aryl methyl sites for hydroxylation is 1. The van der Waals surface area contributed by atoms with Crippen LogP contribution in [-0.4, -0.2) is 21.2 Å². The van der Waals surface area contributed by atoms with E-state index in [1.807, 2.05) is 55.6 Å². The molecule has 0 aliphatic heterocycles. The first-order valence-electron chi connectivity index (χ1n) is 9.13. The molecule has 1 aromatic heterocycles. The predicted molar refractivity (Wildman–Crippen MR) is 113 cm³/mol. The van der Waals surface area contributed by atoms with Gasteiger partial charge in [-0.1, -0.05) is 73.6 Å². The monoisotopic (exact) mass is 379 g/mol. The molecule has 0 fully saturated rings. The molecular weight excluding hydrogens is 354 g/mol. The smallest absolute Gasteiger partial charge is 0.234 e. The standard InChI is InChI=1S/C22H25N3OS/c1-16(2)14-25-20(18-7-5-4-6-8-18)13-23-22(25)27-15-21(26)24-19-11-9-17(3)10-12-19/h4-13,16H,14-15H2,1-3H3,(H,24,26). The van der Waals surface area contributed by atoms with E-state index in [1.54, 1.807) is 0 Å². The summed E-state index contributed by atoms with van der Waals surface area (Å²) in [5.74, 6) is 0.795. The Bertz CT molecular complexity index is 886. The number of amides is 1. The molecule has 1 N–H and O–H groups in total. The van der Waals surface area contributed by atoms with Crippen LogP contribution in [0.2, 0.25) is 0 Å². The maximum Gasteiger partial charge on any atom is 0.234 e. The van der Waals surface area contributed by atoms with Crippen LogP contribution in [-0.2, 0) is 11.3 Å². The van der Waals surface area contributed by atoms with Crippen molar-refractivity contribution in [2.75, 3.05) is 11.1 Å². The summed E-state index contributed by atoms with van der Waals surface area (Å²) in [6.45, 7) is 7.27. The van der Waals surface area contributed by atoms with Crippen molar-refractivity contribution in [3.8, 4) is 11.3 Å². The molecule has 140 valence electrons. The number of thioether (sulfide) groups is 1. The highest BCUT2D eigenvalue weighted by Crippen LogP contribution is 2.27. The van der Waals surface area contributed by atoms with Crippen LogP contribution in [0.4, 0.5) is 5.69 Å². The minimum Gasteiger partial charge on any atom is -0.325 e. The molecule has 0 saturated carbocycles. The fourth-order valence-electron chi connectivity index (χ4n) is 2.82. The summed E-state index contributed by atoms with van der Waals surface area (Å²) >= 11 is 1.47. The van der Waals surface area contributed by atoms with Crippen LogP contribution in [0, 0.1) is 12.8 Å². The lowest BCUT2D eigenvalue weighted by Crippen LogP contribution is -2.15. The van der Waals surface area contributed by atoms with Crippen LogP contribution in [0.25, 0.3) is 11.3 Å². The van der Waals surface area contributed by atoms with Crippen LogP contribution in [0.1, 0.15) is 19.4 Å². The number of aromatic nitrogens is 2. The first-order chi connectivity index (χ1) is 13.0. The zero-order valence-electron chi connectivity index (χ0n) is 16.0. The van der Waals surface area contributed by atoms with E-state index in [1.165, 1.54) is 17.3 Å². The number of hydrogen-bond donors (Lipinski definition) is 1. The average molecular weight is 380 g/mol. The molecular formula is C22H25N3OS. The molecule has 0 atom stereocenters. The van der Waals surface area contributed by atoms with Gasteiger partial charge in [-0.2, -0.15) is 0 Å². The summed E-state index contributed by atoms with van der Waals surface area (Å²) in [6.07, 6.45) is 1.90. The van der Waals surface area contributed by atoms with Gasteiger partial charge in [0.2, 0.25) is 5.91 Å². The topological polar surface area (TPSA) is 46.9 Å². The van der Waals surface area contributed by atoms with E-state index in [0.717, 1.165) is 28.6 Å². The van der Waals surface area contributed by atoms with Gasteiger partial charge in [0.15, 0.2) is 5.16 Å². The van der Waals surface area contributed by atoms with Gasteiger partial charge in [0, 0.05) is 12.2 Å². The second-order valence-corrected chi connectivity index (χ2v) is 7.94. The zero-order valence-corrected chi connectivity index (χ0v) is 16.8. The molecule has 0 aliphatic rings. The molecule has 0 unspecified atom stereocenters. The number of nitrogens with one attached hydrogen (secondary N) is 1. The van der Waals surface area contributed by atoms with Crippen molar-refractivity contribution in [2.45, 2.75) is 32.5 Å². The number of hydrogen-bond acceptors (Lipinski definition) is 3. The Balaban J connectivity index is 1.71. The second kappa shape index (κ2) is 8.91. The summed E-state index contributed by atoms with van der Waals surface area (Å²) in [6, 6.07) is 18.1. The number of carbonyl (C=O) groups excluding carboxylic acids is 1. The van der Waals surface area contributed by atoms with Crippen molar-refractivity contribution >= 4 is 23.4 Å². The number of imidazole rings is 1. The van der Waals surface area contributed by atoms with Gasteiger partial charge in [-0.05, 0) is 30.5 Å². The third kappa shape index (κ3) is 5.23. The average Bonchev–Trinajstić information content (AvgIpc) is 3.04. The molecule has 5 heteroatoms. The molecule has 3 aromatic rings. The Morgan fingerprint density at radius 3 is 2.48 bits per heavy atom. The van der Waals surface area contributed by atoms with Gasteiger partial charge < -0.3 is 9.88 Å². The summed E-state index contributed by atoms with van der Waals surface area (Å²) in [5, 5.41) is 3.82. The maximum absolute atomic E-state index is 12.3.